The number of hydrogen-bond acceptors (Lipinski definition) is 4. The Hall–Kier alpha value is -2.08. The number of rotatable bonds is 4. The lowest BCUT2D eigenvalue weighted by Gasteiger charge is -2.15. The molecule has 0 aliphatic rings. The van der Waals surface area contributed by atoms with E-state index in [-0.39, 0.29) is 25.0 Å². The molecule has 0 saturated carbocycles. The lowest BCUT2D eigenvalue weighted by Crippen LogP contribution is -2.18. The van der Waals surface area contributed by atoms with Crippen molar-refractivity contribution in [1.82, 2.24) is 9.55 Å². The molecule has 1 atom stereocenters. The van der Waals surface area contributed by atoms with Gasteiger partial charge in [0, 0.05) is 18.2 Å². The highest BCUT2D eigenvalue weighted by Gasteiger charge is 2.16. The average molecular weight is 248 g/mol. The first-order valence-electron chi connectivity index (χ1n) is 5.68. The number of fused-ring (bicyclic) bond motifs is 1. The topological polar surface area (TPSA) is 107 Å². The minimum absolute atomic E-state index is 0.154. The Morgan fingerprint density at radius 3 is 2.89 bits per heavy atom. The van der Waals surface area contributed by atoms with Crippen LogP contribution in [0.5, 0.6) is 0 Å². The highest BCUT2D eigenvalue weighted by molar-refractivity contribution is 5.80. The minimum atomic E-state index is -0.385. The van der Waals surface area contributed by atoms with E-state index in [4.69, 9.17) is 11.5 Å². The van der Waals surface area contributed by atoms with Gasteiger partial charge in [0.25, 0.3) is 0 Å². The lowest BCUT2D eigenvalue weighted by atomic mass is 10.2. The average Bonchev–Trinajstić information content (AvgIpc) is 2.65. The molecule has 0 bridgehead atoms. The van der Waals surface area contributed by atoms with Gasteiger partial charge in [-0.3, -0.25) is 4.79 Å². The number of benzene rings is 1. The number of nitrogens with zero attached hydrogens (tertiary/aromatic N) is 2. The third-order valence-electron chi connectivity index (χ3n) is 2.87. The van der Waals surface area contributed by atoms with Gasteiger partial charge in [0.05, 0.1) is 11.0 Å². The largest absolute Gasteiger partial charge is 0.399 e. The van der Waals surface area contributed by atoms with Crippen LogP contribution in [0.25, 0.3) is 11.0 Å². The van der Waals surface area contributed by atoms with Gasteiger partial charge in [-0.15, -0.1) is 0 Å². The quantitative estimate of drug-likeness (QED) is 0.686. The van der Waals surface area contributed by atoms with Crippen LogP contribution in [0.2, 0.25) is 0 Å². The molecule has 0 aliphatic carbocycles. The predicted molar refractivity (Wildman–Crippen MR) is 68.6 cm³/mol. The molecular formula is C12H16N4O2. The number of carbonyl (C=O) groups excluding carboxylic acids is 1. The third kappa shape index (κ3) is 2.14. The molecule has 96 valence electrons. The van der Waals surface area contributed by atoms with Crippen LogP contribution in [-0.2, 0) is 11.4 Å². The second-order valence-electron chi connectivity index (χ2n) is 4.32. The standard InChI is InChI=1S/C12H16N4O2/c1-7(4-11(14)18)16-10-3-2-8(13)5-9(10)15-12(16)6-17/h2-3,5,7,17H,4,6,13H2,1H3,(H2,14,18). The van der Waals surface area contributed by atoms with Crippen molar-refractivity contribution in [3.63, 3.8) is 0 Å². The van der Waals surface area contributed by atoms with Crippen molar-refractivity contribution in [3.05, 3.63) is 24.0 Å². The van der Waals surface area contributed by atoms with E-state index in [9.17, 15) is 9.90 Å². The van der Waals surface area contributed by atoms with Gasteiger partial charge < -0.3 is 21.1 Å². The van der Waals surface area contributed by atoms with Gasteiger partial charge in [-0.2, -0.15) is 0 Å². The molecule has 1 heterocycles. The van der Waals surface area contributed by atoms with Gasteiger partial charge in [-0.25, -0.2) is 4.98 Å². The number of aromatic nitrogens is 2. The van der Waals surface area contributed by atoms with E-state index >= 15 is 0 Å². The Kier molecular flexibility index (Phi) is 3.20. The molecule has 0 saturated heterocycles. The van der Waals surface area contributed by atoms with Crippen LogP contribution >= 0.6 is 0 Å². The Balaban J connectivity index is 2.56. The van der Waals surface area contributed by atoms with E-state index in [0.717, 1.165) is 5.52 Å². The van der Waals surface area contributed by atoms with E-state index in [1.54, 1.807) is 12.1 Å². The van der Waals surface area contributed by atoms with Crippen molar-refractivity contribution in [1.29, 1.82) is 0 Å². The van der Waals surface area contributed by atoms with E-state index in [1.165, 1.54) is 0 Å². The van der Waals surface area contributed by atoms with Crippen LogP contribution in [0.15, 0.2) is 18.2 Å². The maximum atomic E-state index is 11.0. The number of aliphatic hydroxyl groups is 1. The number of nitrogens with two attached hydrogens (primary N) is 2. The van der Waals surface area contributed by atoms with Gasteiger partial charge in [0.15, 0.2) is 0 Å². The van der Waals surface area contributed by atoms with Gasteiger partial charge in [-0.05, 0) is 25.1 Å². The molecule has 2 aromatic rings. The number of nitrogen functional groups attached to an aromatic ring is 1. The number of aliphatic hydroxyl groups excluding tert-OH is 1. The fraction of sp³-hybridized carbons (Fsp3) is 0.333. The second-order valence-corrected chi connectivity index (χ2v) is 4.32. The Bertz CT molecular complexity index is 591. The lowest BCUT2D eigenvalue weighted by molar-refractivity contribution is -0.118. The van der Waals surface area contributed by atoms with Gasteiger partial charge in [0.2, 0.25) is 5.91 Å². The maximum absolute atomic E-state index is 11.0. The van der Waals surface area contributed by atoms with E-state index in [2.05, 4.69) is 4.98 Å². The monoisotopic (exact) mass is 248 g/mol. The Labute approximate surface area is 104 Å². The normalized spacial score (nSPS) is 12.8. The summed E-state index contributed by atoms with van der Waals surface area (Å²) in [5.74, 6) is 0.119. The van der Waals surface area contributed by atoms with Crippen molar-refractivity contribution in [2.24, 2.45) is 5.73 Å². The first-order valence-corrected chi connectivity index (χ1v) is 5.68. The van der Waals surface area contributed by atoms with Gasteiger partial charge in [0.1, 0.15) is 12.4 Å². The first-order chi connectivity index (χ1) is 8.52. The molecule has 1 unspecified atom stereocenters. The van der Waals surface area contributed by atoms with Crippen molar-refractivity contribution < 1.29 is 9.90 Å². The number of amides is 1. The Morgan fingerprint density at radius 1 is 1.56 bits per heavy atom. The van der Waals surface area contributed by atoms with Crippen LogP contribution in [0, 0.1) is 0 Å². The zero-order valence-electron chi connectivity index (χ0n) is 10.1. The zero-order chi connectivity index (χ0) is 13.3. The molecule has 0 fully saturated rings. The highest BCUT2D eigenvalue weighted by Crippen LogP contribution is 2.24. The molecule has 0 aliphatic heterocycles. The summed E-state index contributed by atoms with van der Waals surface area (Å²) in [7, 11) is 0. The minimum Gasteiger partial charge on any atom is -0.399 e. The summed E-state index contributed by atoms with van der Waals surface area (Å²) in [4.78, 5) is 15.3. The van der Waals surface area contributed by atoms with Crippen molar-refractivity contribution in [3.8, 4) is 0 Å². The molecule has 0 spiro atoms. The SMILES string of the molecule is CC(CC(N)=O)n1c(CO)nc2cc(N)ccc21. The van der Waals surface area contributed by atoms with Crippen LogP contribution in [0.3, 0.4) is 0 Å². The van der Waals surface area contributed by atoms with Crippen molar-refractivity contribution in [2.75, 3.05) is 5.73 Å². The summed E-state index contributed by atoms with van der Waals surface area (Å²) in [5.41, 5.74) is 13.0. The summed E-state index contributed by atoms with van der Waals surface area (Å²) in [6, 6.07) is 5.17. The fourth-order valence-electron chi connectivity index (χ4n) is 2.15. The van der Waals surface area contributed by atoms with Crippen LogP contribution in [0.4, 0.5) is 5.69 Å². The van der Waals surface area contributed by atoms with E-state index in [1.807, 2.05) is 17.6 Å². The molecule has 6 heteroatoms. The molecular weight excluding hydrogens is 232 g/mol. The molecule has 18 heavy (non-hydrogen) atoms. The summed E-state index contributed by atoms with van der Waals surface area (Å²) in [6.45, 7) is 1.67. The summed E-state index contributed by atoms with van der Waals surface area (Å²) >= 11 is 0. The number of carbonyl (C=O) groups is 1. The smallest absolute Gasteiger partial charge is 0.219 e. The fourth-order valence-corrected chi connectivity index (χ4v) is 2.15. The number of hydrogen-bond donors (Lipinski definition) is 3. The molecule has 1 aromatic carbocycles. The van der Waals surface area contributed by atoms with Crippen molar-refractivity contribution in [2.45, 2.75) is 26.0 Å². The predicted octanol–water partition coefficient (Wildman–Crippen LogP) is 0.547. The molecule has 1 aromatic heterocycles. The Morgan fingerprint density at radius 2 is 2.28 bits per heavy atom. The van der Waals surface area contributed by atoms with Crippen LogP contribution in [-0.4, -0.2) is 20.6 Å². The molecule has 6 nitrogen and oxygen atoms in total. The maximum Gasteiger partial charge on any atom is 0.219 e. The zero-order valence-corrected chi connectivity index (χ0v) is 10.1. The summed E-state index contributed by atoms with van der Waals surface area (Å²) < 4.78 is 1.82. The molecule has 2 rings (SSSR count). The van der Waals surface area contributed by atoms with Crippen LogP contribution < -0.4 is 11.5 Å². The number of anilines is 1. The van der Waals surface area contributed by atoms with Gasteiger partial charge in [-0.1, -0.05) is 0 Å². The van der Waals surface area contributed by atoms with Crippen molar-refractivity contribution >= 4 is 22.6 Å². The summed E-state index contributed by atoms with van der Waals surface area (Å²) in [5, 5.41) is 9.34. The second kappa shape index (κ2) is 4.66. The van der Waals surface area contributed by atoms with E-state index < -0.39 is 0 Å². The first kappa shape index (κ1) is 12.4. The third-order valence-corrected chi connectivity index (χ3v) is 2.87. The molecule has 5 N–H and O–H groups in total. The summed E-state index contributed by atoms with van der Waals surface area (Å²) in [6.07, 6.45) is 0.197. The molecule has 0 radical (unpaired) electrons. The molecule has 1 amide bonds. The highest BCUT2D eigenvalue weighted by atomic mass is 16.3. The van der Waals surface area contributed by atoms with Crippen LogP contribution in [0.1, 0.15) is 25.2 Å². The number of primary amides is 1. The van der Waals surface area contributed by atoms with E-state index in [0.29, 0.717) is 17.0 Å². The number of imidazole rings is 1. The van der Waals surface area contributed by atoms with Gasteiger partial charge >= 0.3 is 0 Å².